The van der Waals surface area contributed by atoms with E-state index in [4.69, 9.17) is 9.47 Å². The lowest BCUT2D eigenvalue weighted by Gasteiger charge is -2.32. The number of halogens is 1. The summed E-state index contributed by atoms with van der Waals surface area (Å²) < 4.78 is 53.0. The molecule has 2 heterocycles. The number of ether oxygens (including phenoxy) is 2. The van der Waals surface area contributed by atoms with Crippen LogP contribution in [-0.4, -0.2) is 113 Å². The largest absolute Gasteiger partial charge is 0.444 e. The number of hydrogen-bond acceptors (Lipinski definition) is 10. The highest BCUT2D eigenvalue weighted by Crippen LogP contribution is 2.45. The Kier molecular flexibility index (Phi) is 11.8. The van der Waals surface area contributed by atoms with E-state index in [2.05, 4.69) is 35.1 Å². The van der Waals surface area contributed by atoms with Crippen molar-refractivity contribution in [1.29, 1.82) is 0 Å². The van der Waals surface area contributed by atoms with Crippen molar-refractivity contribution in [2.45, 2.75) is 94.1 Å². The number of rotatable bonds is 14. The Morgan fingerprint density at radius 3 is 2.40 bits per heavy atom. The van der Waals surface area contributed by atoms with Gasteiger partial charge in [-0.2, -0.15) is 0 Å². The first kappa shape index (κ1) is 40.9. The van der Waals surface area contributed by atoms with E-state index in [1.54, 1.807) is 26.8 Å². The van der Waals surface area contributed by atoms with Crippen LogP contribution in [0, 0.1) is 11.7 Å². The summed E-state index contributed by atoms with van der Waals surface area (Å²) in [6.07, 6.45) is 1.45. The Labute approximate surface area is 319 Å². The summed E-state index contributed by atoms with van der Waals surface area (Å²) in [4.78, 5) is 84.9. The van der Waals surface area contributed by atoms with Gasteiger partial charge < -0.3 is 29.9 Å². The second-order valence-corrected chi connectivity index (χ2v) is 17.1. The molecule has 3 N–H and O–H groups in total. The zero-order valence-electron chi connectivity index (χ0n) is 31.0. The fraction of sp³-hybridized carbons (Fsp3) is 0.514. The Morgan fingerprint density at radius 1 is 1.11 bits per heavy atom. The molecule has 2 aliphatic carbocycles. The molecule has 6 amide bonds. The number of fused-ring (bicyclic) bond motifs is 1. The molecule has 3 fully saturated rings. The predicted octanol–water partition coefficient (Wildman–Crippen LogP) is 2.01. The second kappa shape index (κ2) is 15.8. The van der Waals surface area contributed by atoms with E-state index in [1.165, 1.54) is 34.1 Å². The molecule has 1 saturated heterocycles. The van der Waals surface area contributed by atoms with E-state index in [9.17, 15) is 41.6 Å². The molecule has 5 rings (SSSR count). The number of hydrogen-bond donors (Lipinski definition) is 3. The number of alkyl carbamates (subject to hydrolysis) is 1. The van der Waals surface area contributed by atoms with Gasteiger partial charge in [0.25, 0.3) is 5.91 Å². The SMILES string of the molecule is C=CCN(C[C@H](NC(=O)OC(C)(C)C)C(=O)N1C[C@H](OC(=O)N2Cc3cccc(F)c3C2)C[C@H]1C(=O)N[C@]1(C(=O)NS(=O)(=O)C2CC2)C[C@H]1C=C)C(=O)C=C. The lowest BCUT2D eigenvalue weighted by molar-refractivity contribution is -0.142. The Hall–Kier alpha value is -5.26. The summed E-state index contributed by atoms with van der Waals surface area (Å²) in [5.74, 6) is -4.39. The van der Waals surface area contributed by atoms with Gasteiger partial charge in [0.1, 0.15) is 35.1 Å². The molecule has 18 heteroatoms. The maximum atomic E-state index is 14.5. The fourth-order valence-electron chi connectivity index (χ4n) is 6.72. The van der Waals surface area contributed by atoms with Gasteiger partial charge in [-0.25, -0.2) is 22.4 Å². The highest BCUT2D eigenvalue weighted by molar-refractivity contribution is 7.91. The zero-order chi connectivity index (χ0) is 40.5. The van der Waals surface area contributed by atoms with Crippen LogP contribution in [0.1, 0.15) is 57.6 Å². The molecule has 5 atom stereocenters. The van der Waals surface area contributed by atoms with Gasteiger partial charge in [0.05, 0.1) is 24.9 Å². The van der Waals surface area contributed by atoms with E-state index >= 15 is 0 Å². The number of nitrogens with zero attached hydrogens (tertiary/aromatic N) is 3. The number of sulfonamides is 1. The van der Waals surface area contributed by atoms with E-state index < -0.39 is 98.7 Å². The van der Waals surface area contributed by atoms with Gasteiger partial charge in [-0.3, -0.25) is 28.8 Å². The third kappa shape index (κ3) is 9.35. The van der Waals surface area contributed by atoms with Gasteiger partial charge in [0, 0.05) is 31.0 Å². The molecule has 2 saturated carbocycles. The van der Waals surface area contributed by atoms with Crippen molar-refractivity contribution < 1.29 is 51.0 Å². The van der Waals surface area contributed by atoms with Crippen LogP contribution in [0.2, 0.25) is 0 Å². The summed E-state index contributed by atoms with van der Waals surface area (Å²) >= 11 is 0. The quantitative estimate of drug-likeness (QED) is 0.185. The Bertz CT molecular complexity index is 1900. The third-order valence-corrected chi connectivity index (χ3v) is 11.6. The minimum atomic E-state index is -3.99. The van der Waals surface area contributed by atoms with Crippen LogP contribution in [0.15, 0.2) is 56.2 Å². The van der Waals surface area contributed by atoms with Crippen LogP contribution in [0.3, 0.4) is 0 Å². The molecule has 1 aromatic carbocycles. The van der Waals surface area contributed by atoms with Crippen molar-refractivity contribution >= 4 is 45.8 Å². The summed E-state index contributed by atoms with van der Waals surface area (Å²) in [7, 11) is -3.99. The van der Waals surface area contributed by atoms with Crippen molar-refractivity contribution in [2.24, 2.45) is 5.92 Å². The van der Waals surface area contributed by atoms with Gasteiger partial charge in [0.15, 0.2) is 0 Å². The molecule has 0 aromatic heterocycles. The summed E-state index contributed by atoms with van der Waals surface area (Å²) in [5.41, 5.74) is -1.74. The number of amides is 6. The number of likely N-dealkylation sites (tertiary alicyclic amines) is 1. The Balaban J connectivity index is 1.42. The normalized spacial score (nSPS) is 23.4. The molecule has 0 bridgehead atoms. The minimum absolute atomic E-state index is 0.0302. The van der Waals surface area contributed by atoms with Crippen LogP contribution in [0.5, 0.6) is 0 Å². The van der Waals surface area contributed by atoms with Crippen LogP contribution in [0.25, 0.3) is 0 Å². The van der Waals surface area contributed by atoms with Crippen molar-refractivity contribution in [3.8, 4) is 0 Å². The number of carbonyl (C=O) groups excluding carboxylic acids is 6. The molecule has 55 heavy (non-hydrogen) atoms. The molecule has 2 aliphatic heterocycles. The first-order valence-corrected chi connectivity index (χ1v) is 19.4. The van der Waals surface area contributed by atoms with E-state index in [1.807, 2.05) is 0 Å². The molecule has 4 aliphatic rings. The van der Waals surface area contributed by atoms with Gasteiger partial charge >= 0.3 is 12.2 Å². The van der Waals surface area contributed by atoms with Gasteiger partial charge in [0.2, 0.25) is 27.7 Å². The monoisotopic (exact) mass is 786 g/mol. The van der Waals surface area contributed by atoms with Crippen molar-refractivity contribution in [1.82, 2.24) is 30.1 Å². The molecule has 298 valence electrons. The van der Waals surface area contributed by atoms with Crippen molar-refractivity contribution in [3.05, 3.63) is 73.1 Å². The summed E-state index contributed by atoms with van der Waals surface area (Å²) in [6.45, 7) is 14.9. The maximum Gasteiger partial charge on any atom is 0.410 e. The molecular formula is C37H47FN6O10S. The highest BCUT2D eigenvalue weighted by atomic mass is 32.2. The molecule has 16 nitrogen and oxygen atoms in total. The predicted molar refractivity (Wildman–Crippen MR) is 195 cm³/mol. The van der Waals surface area contributed by atoms with Gasteiger partial charge in [-0.1, -0.05) is 30.9 Å². The van der Waals surface area contributed by atoms with E-state index in [0.29, 0.717) is 24.0 Å². The topological polar surface area (TPSA) is 201 Å². The molecular weight excluding hydrogens is 740 g/mol. The first-order chi connectivity index (χ1) is 25.8. The number of nitrogens with one attached hydrogen (secondary N) is 3. The van der Waals surface area contributed by atoms with E-state index in [0.717, 1.165) is 11.0 Å². The second-order valence-electron chi connectivity index (χ2n) is 15.1. The third-order valence-electron chi connectivity index (χ3n) is 9.78. The van der Waals surface area contributed by atoms with Crippen LogP contribution in [-0.2, 0) is 51.8 Å². The average Bonchev–Trinajstić information content (AvgIpc) is 4.00. The minimum Gasteiger partial charge on any atom is -0.444 e. The smallest absolute Gasteiger partial charge is 0.410 e. The standard InChI is InChI=1S/C37H47FN6O10S/c1-7-15-42(30(45)9-3)21-28(39-34(49)54-36(4,5)6)32(47)44-19-24(53-35(50)43-18-22-11-10-12-27(38)26(22)20-43)16-29(44)31(46)40-37(17-23(37)8-2)33(48)41-55(51,52)25-13-14-25/h7-12,23-25,28-29H,1-3,13-21H2,4-6H3,(H,39,49)(H,40,46)(H,41,48)/t23-,24-,28+,29+,37-/m1/s1. The lowest BCUT2D eigenvalue weighted by Crippen LogP contribution is -2.60. The molecule has 0 spiro atoms. The fourth-order valence-corrected chi connectivity index (χ4v) is 8.08. The lowest BCUT2D eigenvalue weighted by atomic mass is 10.1. The van der Waals surface area contributed by atoms with Crippen LogP contribution in [0.4, 0.5) is 14.0 Å². The molecule has 1 aromatic rings. The number of carbonyl (C=O) groups is 6. The van der Waals surface area contributed by atoms with Crippen LogP contribution < -0.4 is 15.4 Å². The summed E-state index contributed by atoms with van der Waals surface area (Å²) in [6, 6.07) is 1.56. The zero-order valence-corrected chi connectivity index (χ0v) is 31.9. The van der Waals surface area contributed by atoms with Gasteiger partial charge in [-0.15, -0.1) is 13.2 Å². The van der Waals surface area contributed by atoms with Crippen molar-refractivity contribution in [2.75, 3.05) is 19.6 Å². The maximum absolute atomic E-state index is 14.5. The van der Waals surface area contributed by atoms with Gasteiger partial charge in [-0.05, 0) is 57.7 Å². The molecule has 0 radical (unpaired) electrons. The molecule has 0 unspecified atom stereocenters. The Morgan fingerprint density at radius 2 is 1.82 bits per heavy atom. The number of benzene rings is 1. The van der Waals surface area contributed by atoms with Crippen LogP contribution >= 0.6 is 0 Å². The highest BCUT2D eigenvalue weighted by Gasteiger charge is 2.62. The average molecular weight is 787 g/mol. The first-order valence-electron chi connectivity index (χ1n) is 17.9. The van der Waals surface area contributed by atoms with Crippen molar-refractivity contribution in [3.63, 3.8) is 0 Å². The summed E-state index contributed by atoms with van der Waals surface area (Å²) in [5, 5.41) is 4.42. The van der Waals surface area contributed by atoms with E-state index in [-0.39, 0.29) is 39.0 Å².